The second kappa shape index (κ2) is 5.70. The third-order valence-corrected chi connectivity index (χ3v) is 8.31. The molecule has 22 heavy (non-hydrogen) atoms. The number of nitrogens with zero attached hydrogens (tertiary/aromatic N) is 2. The number of hydrogen-bond acceptors (Lipinski definition) is 7. The monoisotopic (exact) mass is 359 g/mol. The molecule has 1 amide bonds. The minimum Gasteiger partial charge on any atom is -0.481 e. The molecular weight excluding hydrogens is 342 g/mol. The van der Waals surface area contributed by atoms with Crippen LogP contribution in [0.1, 0.15) is 10.7 Å². The van der Waals surface area contributed by atoms with Crippen molar-refractivity contribution in [3.05, 3.63) is 10.7 Å². The first-order valence-electron chi connectivity index (χ1n) is 6.82. The van der Waals surface area contributed by atoms with E-state index in [1.807, 2.05) is 13.8 Å². The number of hydrogen-bond donors (Lipinski definition) is 2. The molecule has 0 bridgehead atoms. The number of aliphatic carboxylic acids is 1. The highest BCUT2D eigenvalue weighted by Gasteiger charge is 2.55. The van der Waals surface area contributed by atoms with E-state index in [1.165, 1.54) is 23.5 Å². The number of fused-ring (bicyclic) bond motifs is 1. The zero-order chi connectivity index (χ0) is 16.1. The summed E-state index contributed by atoms with van der Waals surface area (Å²) in [5.41, 5.74) is 5.77. The van der Waals surface area contributed by atoms with Gasteiger partial charge in [0.1, 0.15) is 16.8 Å². The van der Waals surface area contributed by atoms with Gasteiger partial charge in [0.15, 0.2) is 0 Å². The minimum absolute atomic E-state index is 0.0580. The maximum atomic E-state index is 11.8. The normalized spacial score (nSPS) is 30.9. The Bertz CT molecular complexity index is 635. The Morgan fingerprint density at radius 3 is 2.91 bits per heavy atom. The number of aromatic nitrogens is 1. The Morgan fingerprint density at radius 1 is 1.59 bits per heavy atom. The molecule has 0 radical (unpaired) electrons. The molecule has 2 saturated heterocycles. The highest BCUT2D eigenvalue weighted by Crippen LogP contribution is 2.44. The summed E-state index contributed by atoms with van der Waals surface area (Å²) in [4.78, 5) is 29.6. The molecule has 120 valence electrons. The highest BCUT2D eigenvalue weighted by atomic mass is 32.2. The molecule has 0 aliphatic carbocycles. The number of nitrogens with two attached hydrogens (primary N) is 1. The second-order valence-corrected chi connectivity index (χ2v) is 9.23. The lowest BCUT2D eigenvalue weighted by atomic mass is 9.89. The van der Waals surface area contributed by atoms with Crippen LogP contribution < -0.4 is 5.73 Å². The van der Waals surface area contributed by atoms with Gasteiger partial charge in [0.05, 0.1) is 14.9 Å². The van der Waals surface area contributed by atoms with Crippen LogP contribution in [-0.4, -0.2) is 56.3 Å². The number of carboxylic acids is 1. The van der Waals surface area contributed by atoms with Gasteiger partial charge in [-0.3, -0.25) is 9.59 Å². The number of rotatable bonds is 4. The molecule has 9 heteroatoms. The van der Waals surface area contributed by atoms with Crippen molar-refractivity contribution in [3.8, 4) is 0 Å². The fourth-order valence-corrected chi connectivity index (χ4v) is 6.67. The zero-order valence-electron chi connectivity index (χ0n) is 12.2. The highest BCUT2D eigenvalue weighted by molar-refractivity contribution is 8.01. The number of aryl methyl sites for hydroxylation is 2. The maximum Gasteiger partial charge on any atom is 0.313 e. The third kappa shape index (κ3) is 2.53. The predicted molar refractivity (Wildman–Crippen MR) is 88.3 cm³/mol. The molecule has 3 N–H and O–H groups in total. The molecule has 2 aliphatic rings. The van der Waals surface area contributed by atoms with Gasteiger partial charge >= 0.3 is 5.97 Å². The fraction of sp³-hybridized carbons (Fsp3) is 0.615. The van der Waals surface area contributed by atoms with Gasteiger partial charge in [-0.15, -0.1) is 34.9 Å². The number of thiazole rings is 1. The van der Waals surface area contributed by atoms with E-state index in [0.29, 0.717) is 11.5 Å². The summed E-state index contributed by atoms with van der Waals surface area (Å²) < 4.78 is 1.05. The van der Waals surface area contributed by atoms with Crippen LogP contribution in [0.15, 0.2) is 4.21 Å². The third-order valence-electron chi connectivity index (χ3n) is 3.98. The number of carbonyl (C=O) groups excluding carboxylic acids is 1. The quantitative estimate of drug-likeness (QED) is 0.615. The summed E-state index contributed by atoms with van der Waals surface area (Å²) in [6.07, 6.45) is 0. The van der Waals surface area contributed by atoms with Crippen LogP contribution in [0.4, 0.5) is 0 Å². The largest absolute Gasteiger partial charge is 0.481 e. The average Bonchev–Trinajstić information content (AvgIpc) is 2.81. The summed E-state index contributed by atoms with van der Waals surface area (Å²) in [6, 6.07) is -0.476. The van der Waals surface area contributed by atoms with Gasteiger partial charge in [-0.05, 0) is 13.8 Å². The van der Waals surface area contributed by atoms with Gasteiger partial charge in [0.25, 0.3) is 0 Å². The van der Waals surface area contributed by atoms with Gasteiger partial charge in [-0.1, -0.05) is 0 Å². The fourth-order valence-electron chi connectivity index (χ4n) is 2.66. The molecule has 6 nitrogen and oxygen atoms in total. The first-order valence-corrected chi connectivity index (χ1v) is 9.67. The van der Waals surface area contributed by atoms with Crippen molar-refractivity contribution >= 4 is 46.7 Å². The minimum atomic E-state index is -0.925. The summed E-state index contributed by atoms with van der Waals surface area (Å²) in [7, 11) is 0. The molecule has 0 saturated carbocycles. The Balaban J connectivity index is 1.74. The predicted octanol–water partition coefficient (Wildman–Crippen LogP) is 1.17. The Labute approximate surface area is 140 Å². The summed E-state index contributed by atoms with van der Waals surface area (Å²) in [6.45, 7) is 4.12. The Morgan fingerprint density at radius 2 is 2.32 bits per heavy atom. The molecule has 3 atom stereocenters. The lowest BCUT2D eigenvalue weighted by Crippen LogP contribution is -2.72. The number of thioether (sulfide) groups is 2. The molecule has 3 rings (SSSR count). The van der Waals surface area contributed by atoms with Crippen LogP contribution in [0.3, 0.4) is 0 Å². The van der Waals surface area contributed by atoms with E-state index in [9.17, 15) is 14.7 Å². The van der Waals surface area contributed by atoms with Crippen molar-refractivity contribution in [2.24, 2.45) is 11.1 Å². The molecule has 2 fully saturated rings. The van der Waals surface area contributed by atoms with Crippen LogP contribution in [0.2, 0.25) is 0 Å². The molecule has 3 heterocycles. The van der Waals surface area contributed by atoms with Gasteiger partial charge in [-0.2, -0.15) is 0 Å². The standard InChI is InChI=1S/C13H17N3O3S3/c1-6-11(22-7(2)15-6)21-5-13(12(18)19)3-16-9(17)8(14)10(16)20-4-13/h8,10H,3-5,14H2,1-2H3,(H,18,19)/t8?,10-,13?/m1/s1. The SMILES string of the molecule is Cc1nc(C)c(SCC2(C(=O)O)CS[C@@H]3C(N)C(=O)N3C2)s1. The number of carboxylic acid groups (broad SMARTS) is 1. The van der Waals surface area contributed by atoms with Crippen molar-refractivity contribution in [2.75, 3.05) is 18.1 Å². The number of carbonyl (C=O) groups is 2. The van der Waals surface area contributed by atoms with Crippen LogP contribution in [0.25, 0.3) is 0 Å². The van der Waals surface area contributed by atoms with E-state index >= 15 is 0 Å². The molecule has 1 aromatic heterocycles. The van der Waals surface area contributed by atoms with Gasteiger partial charge in [-0.25, -0.2) is 4.98 Å². The molecule has 0 aromatic carbocycles. The van der Waals surface area contributed by atoms with Crippen LogP contribution in [0, 0.1) is 19.3 Å². The van der Waals surface area contributed by atoms with Crippen LogP contribution in [-0.2, 0) is 9.59 Å². The van der Waals surface area contributed by atoms with E-state index < -0.39 is 17.4 Å². The number of β-lactam (4-membered cyclic amide) rings is 1. The summed E-state index contributed by atoms with van der Waals surface area (Å²) in [5.74, 6) is -0.0755. The second-order valence-electron chi connectivity index (χ2n) is 5.67. The Hall–Kier alpha value is -0.770. The first kappa shape index (κ1) is 16.1. The number of amides is 1. The molecule has 2 unspecified atom stereocenters. The Kier molecular flexibility index (Phi) is 4.17. The van der Waals surface area contributed by atoms with Gasteiger partial charge in [0.2, 0.25) is 5.91 Å². The summed E-state index contributed by atoms with van der Waals surface area (Å²) in [5, 5.41) is 10.6. The average molecular weight is 359 g/mol. The van der Waals surface area contributed by atoms with Gasteiger partial charge < -0.3 is 15.7 Å². The maximum absolute atomic E-state index is 11.8. The topological polar surface area (TPSA) is 96.5 Å². The van der Waals surface area contributed by atoms with Crippen LogP contribution >= 0.6 is 34.9 Å². The van der Waals surface area contributed by atoms with Crippen molar-refractivity contribution in [3.63, 3.8) is 0 Å². The van der Waals surface area contributed by atoms with E-state index in [2.05, 4.69) is 4.98 Å². The van der Waals surface area contributed by atoms with E-state index in [-0.39, 0.29) is 17.8 Å². The lowest BCUT2D eigenvalue weighted by molar-refractivity contribution is -0.155. The van der Waals surface area contributed by atoms with E-state index in [4.69, 9.17) is 5.73 Å². The summed E-state index contributed by atoms with van der Waals surface area (Å²) >= 11 is 4.58. The van der Waals surface area contributed by atoms with E-state index in [0.717, 1.165) is 14.9 Å². The smallest absolute Gasteiger partial charge is 0.313 e. The van der Waals surface area contributed by atoms with Crippen molar-refractivity contribution in [2.45, 2.75) is 29.5 Å². The molecular formula is C13H17N3O3S3. The van der Waals surface area contributed by atoms with Gasteiger partial charge in [0, 0.05) is 18.1 Å². The van der Waals surface area contributed by atoms with Crippen molar-refractivity contribution in [1.29, 1.82) is 0 Å². The van der Waals surface area contributed by atoms with E-state index in [1.54, 1.807) is 16.2 Å². The molecule has 1 aromatic rings. The van der Waals surface area contributed by atoms with Crippen LogP contribution in [0.5, 0.6) is 0 Å². The molecule has 2 aliphatic heterocycles. The molecule has 0 spiro atoms. The lowest BCUT2D eigenvalue weighted by Gasteiger charge is -2.52. The zero-order valence-corrected chi connectivity index (χ0v) is 14.7. The van der Waals surface area contributed by atoms with Crippen molar-refractivity contribution < 1.29 is 14.7 Å². The van der Waals surface area contributed by atoms with Crippen molar-refractivity contribution in [1.82, 2.24) is 9.88 Å². The first-order chi connectivity index (χ1) is 10.3.